The van der Waals surface area contributed by atoms with Gasteiger partial charge in [0, 0.05) is 26.7 Å². The molecule has 0 atom stereocenters. The highest BCUT2D eigenvalue weighted by molar-refractivity contribution is 14.0. The number of ether oxygens (including phenoxy) is 1. The lowest BCUT2D eigenvalue weighted by atomic mass is 10.1. The van der Waals surface area contributed by atoms with Gasteiger partial charge >= 0.3 is 6.09 Å². The number of aliphatic imine (C=N–C) groups is 1. The van der Waals surface area contributed by atoms with Gasteiger partial charge in [-0.15, -0.1) is 24.0 Å². The number of rotatable bonds is 6. The molecular formula is C18H30FIN4O2. The van der Waals surface area contributed by atoms with Gasteiger partial charge < -0.3 is 20.7 Å². The number of hydrogen-bond acceptors (Lipinski definition) is 3. The van der Waals surface area contributed by atoms with Crippen LogP contribution < -0.4 is 16.0 Å². The summed E-state index contributed by atoms with van der Waals surface area (Å²) in [6.07, 6.45) is 0.317. The van der Waals surface area contributed by atoms with Gasteiger partial charge in [0.1, 0.15) is 11.4 Å². The first-order valence-corrected chi connectivity index (χ1v) is 8.37. The first kappa shape index (κ1) is 24.4. The summed E-state index contributed by atoms with van der Waals surface area (Å²) in [6.45, 7) is 8.93. The largest absolute Gasteiger partial charge is 0.444 e. The summed E-state index contributed by atoms with van der Waals surface area (Å²) in [5, 5.41) is 9.03. The highest BCUT2D eigenvalue weighted by Gasteiger charge is 2.15. The number of aryl methyl sites for hydroxylation is 1. The van der Waals surface area contributed by atoms with Crippen LogP contribution in [-0.2, 0) is 11.3 Å². The summed E-state index contributed by atoms with van der Waals surface area (Å²) in [5.41, 5.74) is 1.11. The van der Waals surface area contributed by atoms with E-state index in [9.17, 15) is 9.18 Å². The summed E-state index contributed by atoms with van der Waals surface area (Å²) >= 11 is 0. The van der Waals surface area contributed by atoms with Crippen LogP contribution in [0.1, 0.15) is 38.3 Å². The van der Waals surface area contributed by atoms with E-state index in [1.807, 2.05) is 20.8 Å². The Morgan fingerprint density at radius 3 is 2.42 bits per heavy atom. The summed E-state index contributed by atoms with van der Waals surface area (Å²) < 4.78 is 18.4. The molecule has 0 saturated carbocycles. The lowest BCUT2D eigenvalue weighted by Gasteiger charge is -2.19. The maximum Gasteiger partial charge on any atom is 0.407 e. The first-order chi connectivity index (χ1) is 11.7. The first-order valence-electron chi connectivity index (χ1n) is 8.37. The molecule has 8 heteroatoms. The summed E-state index contributed by atoms with van der Waals surface area (Å²) in [7, 11) is 1.68. The molecule has 1 amide bonds. The van der Waals surface area contributed by atoms with Crippen LogP contribution in [0.15, 0.2) is 23.2 Å². The van der Waals surface area contributed by atoms with Gasteiger partial charge in [-0.2, -0.15) is 0 Å². The Kier molecular flexibility index (Phi) is 11.2. The quantitative estimate of drug-likeness (QED) is 0.253. The van der Waals surface area contributed by atoms with Crippen LogP contribution in [-0.4, -0.2) is 37.8 Å². The number of benzene rings is 1. The fourth-order valence-corrected chi connectivity index (χ4v) is 2.02. The predicted molar refractivity (Wildman–Crippen MR) is 114 cm³/mol. The van der Waals surface area contributed by atoms with Crippen molar-refractivity contribution >= 4 is 36.0 Å². The third kappa shape index (κ3) is 10.4. The number of alkyl carbamates (subject to hydrolysis) is 1. The zero-order chi connectivity index (χ0) is 18.9. The Balaban J connectivity index is 0.00000625. The van der Waals surface area contributed by atoms with Crippen molar-refractivity contribution in [3.05, 3.63) is 35.1 Å². The molecule has 0 aliphatic heterocycles. The molecule has 1 aromatic rings. The van der Waals surface area contributed by atoms with Crippen LogP contribution in [0.3, 0.4) is 0 Å². The molecule has 3 N–H and O–H groups in total. The minimum atomic E-state index is -0.493. The molecule has 0 aliphatic carbocycles. The predicted octanol–water partition coefficient (Wildman–Crippen LogP) is 3.33. The number of guanidine groups is 1. The van der Waals surface area contributed by atoms with Crippen LogP contribution in [0.5, 0.6) is 0 Å². The molecule has 0 aromatic heterocycles. The van der Waals surface area contributed by atoms with E-state index in [4.69, 9.17) is 4.74 Å². The Morgan fingerprint density at radius 1 is 1.19 bits per heavy atom. The van der Waals surface area contributed by atoms with Crippen LogP contribution in [0.2, 0.25) is 0 Å². The third-order valence-electron chi connectivity index (χ3n) is 3.22. The van der Waals surface area contributed by atoms with Crippen molar-refractivity contribution in [2.45, 2.75) is 46.3 Å². The number of carbonyl (C=O) groups is 1. The fraction of sp³-hybridized carbons (Fsp3) is 0.556. The number of carbonyl (C=O) groups excluding carboxylic acids is 1. The smallest absolute Gasteiger partial charge is 0.407 e. The Labute approximate surface area is 172 Å². The maximum absolute atomic E-state index is 13.3. The minimum Gasteiger partial charge on any atom is -0.444 e. The molecule has 148 valence electrons. The molecule has 0 spiro atoms. The molecule has 1 rings (SSSR count). The highest BCUT2D eigenvalue weighted by Crippen LogP contribution is 2.09. The van der Waals surface area contributed by atoms with Crippen molar-refractivity contribution in [3.8, 4) is 0 Å². The van der Waals surface area contributed by atoms with Gasteiger partial charge in [-0.3, -0.25) is 4.99 Å². The fourth-order valence-electron chi connectivity index (χ4n) is 2.02. The van der Waals surface area contributed by atoms with Gasteiger partial charge in [0.25, 0.3) is 0 Å². The topological polar surface area (TPSA) is 74.8 Å². The van der Waals surface area contributed by atoms with E-state index in [-0.39, 0.29) is 29.8 Å². The van der Waals surface area contributed by atoms with E-state index in [1.54, 1.807) is 26.1 Å². The minimum absolute atomic E-state index is 0. The van der Waals surface area contributed by atoms with Gasteiger partial charge in [0.15, 0.2) is 5.96 Å². The molecule has 1 aromatic carbocycles. The third-order valence-corrected chi connectivity index (χ3v) is 3.22. The molecule has 0 fully saturated rings. The molecule has 0 unspecified atom stereocenters. The summed E-state index contributed by atoms with van der Waals surface area (Å²) in [4.78, 5) is 15.6. The van der Waals surface area contributed by atoms with Gasteiger partial charge in [-0.25, -0.2) is 9.18 Å². The molecule has 0 heterocycles. The average Bonchev–Trinajstić information content (AvgIpc) is 2.51. The van der Waals surface area contributed by atoms with E-state index in [0.29, 0.717) is 31.2 Å². The van der Waals surface area contributed by atoms with Crippen molar-refractivity contribution in [2.24, 2.45) is 4.99 Å². The van der Waals surface area contributed by atoms with E-state index in [2.05, 4.69) is 20.9 Å². The standard InChI is InChI=1S/C18H29FN4O2.HI/c1-13-11-14(7-8-15(13)19)12-23-16(20-5)21-9-6-10-22-17(24)25-18(2,3)4;/h7-8,11H,6,9-10,12H2,1-5H3,(H,22,24)(H2,20,21,23);1H. The SMILES string of the molecule is CN=C(NCCCNC(=O)OC(C)(C)C)NCc1ccc(F)c(C)c1.I. The van der Waals surface area contributed by atoms with E-state index in [1.165, 1.54) is 6.07 Å². The van der Waals surface area contributed by atoms with Crippen LogP contribution in [0.4, 0.5) is 9.18 Å². The highest BCUT2D eigenvalue weighted by atomic mass is 127. The molecule has 0 radical (unpaired) electrons. The van der Waals surface area contributed by atoms with Gasteiger partial charge in [0.2, 0.25) is 0 Å². The van der Waals surface area contributed by atoms with Crippen LogP contribution in [0, 0.1) is 12.7 Å². The number of nitrogens with one attached hydrogen (secondary N) is 3. The number of amides is 1. The Morgan fingerprint density at radius 2 is 1.85 bits per heavy atom. The second kappa shape index (κ2) is 11.9. The molecular weight excluding hydrogens is 450 g/mol. The summed E-state index contributed by atoms with van der Waals surface area (Å²) in [6, 6.07) is 5.01. The number of hydrogen-bond donors (Lipinski definition) is 3. The van der Waals surface area contributed by atoms with Crippen molar-refractivity contribution < 1.29 is 13.9 Å². The molecule has 0 aliphatic rings. The molecule has 0 saturated heterocycles. The molecule has 0 bridgehead atoms. The molecule has 26 heavy (non-hydrogen) atoms. The van der Waals surface area contributed by atoms with Crippen LogP contribution >= 0.6 is 24.0 Å². The molecule has 6 nitrogen and oxygen atoms in total. The second-order valence-electron chi connectivity index (χ2n) is 6.72. The maximum atomic E-state index is 13.3. The normalized spacial score (nSPS) is 11.4. The van der Waals surface area contributed by atoms with Gasteiger partial charge in [-0.05, 0) is 51.3 Å². The van der Waals surface area contributed by atoms with Gasteiger partial charge in [-0.1, -0.05) is 12.1 Å². The summed E-state index contributed by atoms with van der Waals surface area (Å²) in [5.74, 6) is 0.447. The lowest BCUT2D eigenvalue weighted by molar-refractivity contribution is 0.0527. The zero-order valence-electron chi connectivity index (χ0n) is 16.1. The van der Waals surface area contributed by atoms with Crippen LogP contribution in [0.25, 0.3) is 0 Å². The zero-order valence-corrected chi connectivity index (χ0v) is 18.4. The monoisotopic (exact) mass is 480 g/mol. The van der Waals surface area contributed by atoms with Crippen molar-refractivity contribution in [1.82, 2.24) is 16.0 Å². The van der Waals surface area contributed by atoms with E-state index >= 15 is 0 Å². The second-order valence-corrected chi connectivity index (χ2v) is 6.72. The Hall–Kier alpha value is -1.58. The number of nitrogens with zero attached hydrogens (tertiary/aromatic N) is 1. The van der Waals surface area contributed by atoms with E-state index < -0.39 is 11.7 Å². The number of halogens is 2. The average molecular weight is 480 g/mol. The lowest BCUT2D eigenvalue weighted by Crippen LogP contribution is -2.39. The Bertz CT molecular complexity index is 603. The van der Waals surface area contributed by atoms with Gasteiger partial charge in [0.05, 0.1) is 0 Å². The van der Waals surface area contributed by atoms with Crippen molar-refractivity contribution in [3.63, 3.8) is 0 Å². The van der Waals surface area contributed by atoms with Crippen molar-refractivity contribution in [2.75, 3.05) is 20.1 Å². The van der Waals surface area contributed by atoms with E-state index in [0.717, 1.165) is 12.0 Å². The van der Waals surface area contributed by atoms with Crippen molar-refractivity contribution in [1.29, 1.82) is 0 Å².